The van der Waals surface area contributed by atoms with Crippen molar-refractivity contribution in [1.82, 2.24) is 4.90 Å². The summed E-state index contributed by atoms with van der Waals surface area (Å²) in [5, 5.41) is 40.3. The Kier molecular flexibility index (Phi) is 6.56. The summed E-state index contributed by atoms with van der Waals surface area (Å²) in [7, 11) is 3.46. The van der Waals surface area contributed by atoms with Crippen LogP contribution in [0.2, 0.25) is 0 Å². The molecule has 0 radical (unpaired) electrons. The van der Waals surface area contributed by atoms with Gasteiger partial charge in [0.25, 0.3) is 0 Å². The van der Waals surface area contributed by atoms with Gasteiger partial charge in [0.1, 0.15) is 5.76 Å². The summed E-state index contributed by atoms with van der Waals surface area (Å²) < 4.78 is 22.0. The predicted molar refractivity (Wildman–Crippen MR) is 128 cm³/mol. The van der Waals surface area contributed by atoms with Crippen molar-refractivity contribution in [3.8, 4) is 11.5 Å². The molecule has 2 unspecified atom stereocenters. The highest BCUT2D eigenvalue weighted by Crippen LogP contribution is 2.65. The lowest BCUT2D eigenvalue weighted by molar-refractivity contribution is -0.175. The van der Waals surface area contributed by atoms with Crippen molar-refractivity contribution in [1.29, 1.82) is 0 Å². The molecule has 39 heavy (non-hydrogen) atoms. The lowest BCUT2D eigenvalue weighted by atomic mass is 9.50. The molecule has 1 aromatic rings. The second kappa shape index (κ2) is 9.50. The average molecular weight is 548 g/mol. The number of carboxylic acids is 2. The molecule has 2 bridgehead atoms. The Morgan fingerprint density at radius 2 is 1.95 bits per heavy atom. The SMILES string of the molecule is COc1ccc2c3c1O[C@H]1C(OC(=O)C(O)CC(=O)OC(CC(=O)O)C(=O)O)=CC[C@@]4(O)[C@@H](C2)N(C)CC[C@]314. The third-order valence-corrected chi connectivity index (χ3v) is 8.32. The number of carbonyl (C=O) groups excluding carboxylic acids is 2. The second-order valence-electron chi connectivity index (χ2n) is 10.3. The maximum atomic E-state index is 12.8. The molecule has 4 aliphatic rings. The van der Waals surface area contributed by atoms with Crippen LogP contribution < -0.4 is 9.47 Å². The first-order valence-electron chi connectivity index (χ1n) is 12.5. The minimum absolute atomic E-state index is 0.0702. The van der Waals surface area contributed by atoms with E-state index < -0.39 is 66.0 Å². The molecule has 6 atom stereocenters. The molecule has 0 aromatic heterocycles. The first-order valence-corrected chi connectivity index (χ1v) is 12.5. The number of aliphatic carboxylic acids is 2. The van der Waals surface area contributed by atoms with Crippen LogP contribution in [0.5, 0.6) is 11.5 Å². The number of esters is 2. The number of carbonyl (C=O) groups is 4. The standard InChI is InChI=1S/C26H29NO12/c1-27-8-7-25-20-12-3-4-14(36-2)21(20)39-22(25)15(5-6-26(25,35)17(27)9-12)38-24(34)13(28)10-19(31)37-16(23(32)33)11-18(29)30/h3-5,13,16-17,22,28,35H,6-11H2,1-2H3,(H,29,30)(H,32,33)/t13?,16?,17-,22+,25+,26-/m1/s1. The zero-order chi connectivity index (χ0) is 28.3. The molecule has 5 rings (SSSR count). The number of rotatable bonds is 9. The van der Waals surface area contributed by atoms with Gasteiger partial charge in [0.05, 0.1) is 31.0 Å². The van der Waals surface area contributed by atoms with Crippen LogP contribution in [-0.2, 0) is 40.5 Å². The monoisotopic (exact) mass is 547 g/mol. The van der Waals surface area contributed by atoms with E-state index in [-0.39, 0.29) is 18.2 Å². The van der Waals surface area contributed by atoms with Gasteiger partial charge in [0.15, 0.2) is 23.7 Å². The van der Waals surface area contributed by atoms with Crippen molar-refractivity contribution < 1.29 is 58.6 Å². The predicted octanol–water partition coefficient (Wildman–Crippen LogP) is -0.262. The molecule has 1 saturated heterocycles. The van der Waals surface area contributed by atoms with Crippen molar-refractivity contribution >= 4 is 23.9 Å². The van der Waals surface area contributed by atoms with Crippen LogP contribution in [0, 0.1) is 0 Å². The van der Waals surface area contributed by atoms with Gasteiger partial charge in [-0.3, -0.25) is 9.59 Å². The van der Waals surface area contributed by atoms with E-state index in [1.807, 2.05) is 13.1 Å². The quantitative estimate of drug-likeness (QED) is 0.296. The molecule has 0 saturated carbocycles. The van der Waals surface area contributed by atoms with Crippen molar-refractivity contribution in [2.45, 2.75) is 67.5 Å². The van der Waals surface area contributed by atoms with Crippen LogP contribution >= 0.6 is 0 Å². The molecular weight excluding hydrogens is 518 g/mol. The third-order valence-electron chi connectivity index (χ3n) is 8.32. The molecule has 1 fully saturated rings. The fourth-order valence-electron chi connectivity index (χ4n) is 6.56. The summed E-state index contributed by atoms with van der Waals surface area (Å²) in [4.78, 5) is 49.0. The number of aliphatic hydroxyl groups excluding tert-OH is 1. The van der Waals surface area contributed by atoms with E-state index in [4.69, 9.17) is 24.4 Å². The van der Waals surface area contributed by atoms with E-state index in [1.165, 1.54) is 7.11 Å². The lowest BCUT2D eigenvalue weighted by Gasteiger charge is -2.61. The van der Waals surface area contributed by atoms with Crippen LogP contribution in [0.1, 0.15) is 36.8 Å². The fraction of sp³-hybridized carbons (Fsp3) is 0.538. The topological polar surface area (TPSA) is 189 Å². The number of nitrogens with zero attached hydrogens (tertiary/aromatic N) is 1. The highest BCUT2D eigenvalue weighted by Gasteiger charge is 2.72. The van der Waals surface area contributed by atoms with Crippen molar-refractivity contribution in [3.05, 3.63) is 35.1 Å². The normalized spacial score (nSPS) is 29.7. The van der Waals surface area contributed by atoms with Gasteiger partial charge in [-0.2, -0.15) is 0 Å². The summed E-state index contributed by atoms with van der Waals surface area (Å²) in [5.74, 6) is -4.68. The fourth-order valence-corrected chi connectivity index (χ4v) is 6.56. The highest BCUT2D eigenvalue weighted by molar-refractivity contribution is 5.85. The van der Waals surface area contributed by atoms with E-state index >= 15 is 0 Å². The maximum absolute atomic E-state index is 12.8. The molecule has 2 heterocycles. The van der Waals surface area contributed by atoms with Gasteiger partial charge in [-0.05, 0) is 44.1 Å². The Bertz CT molecular complexity index is 1280. The molecule has 4 N–H and O–H groups in total. The average Bonchev–Trinajstić information content (AvgIpc) is 3.22. The number of piperidine rings is 1. The largest absolute Gasteiger partial charge is 0.493 e. The summed E-state index contributed by atoms with van der Waals surface area (Å²) in [6.45, 7) is 0.652. The second-order valence-corrected chi connectivity index (χ2v) is 10.3. The third kappa shape index (κ3) is 4.03. The van der Waals surface area contributed by atoms with Crippen molar-refractivity contribution in [2.75, 3.05) is 20.7 Å². The summed E-state index contributed by atoms with van der Waals surface area (Å²) >= 11 is 0. The molecule has 2 aliphatic carbocycles. The number of hydrogen-bond donors (Lipinski definition) is 4. The lowest BCUT2D eigenvalue weighted by Crippen LogP contribution is -2.74. The molecule has 1 spiro atoms. The number of aliphatic hydroxyl groups is 2. The minimum Gasteiger partial charge on any atom is -0.493 e. The molecule has 210 valence electrons. The Morgan fingerprint density at radius 1 is 1.21 bits per heavy atom. The number of likely N-dealkylation sites (N-methyl/N-ethyl adjacent to an activating group) is 1. The van der Waals surface area contributed by atoms with Gasteiger partial charge >= 0.3 is 23.9 Å². The van der Waals surface area contributed by atoms with Crippen LogP contribution in [0.4, 0.5) is 0 Å². The van der Waals surface area contributed by atoms with Gasteiger partial charge in [0, 0.05) is 18.0 Å². The Hall–Kier alpha value is -3.68. The Labute approximate surface area is 222 Å². The molecule has 2 aliphatic heterocycles. The highest BCUT2D eigenvalue weighted by atomic mass is 16.6. The summed E-state index contributed by atoms with van der Waals surface area (Å²) in [5.41, 5.74) is -0.354. The first kappa shape index (κ1) is 26.9. The summed E-state index contributed by atoms with van der Waals surface area (Å²) in [6.07, 6.45) is -4.06. The number of ether oxygens (including phenoxy) is 4. The molecular formula is C26H29NO12. The molecule has 13 heteroatoms. The number of carboxylic acid groups (broad SMARTS) is 2. The van der Waals surface area contributed by atoms with E-state index in [0.29, 0.717) is 30.9 Å². The van der Waals surface area contributed by atoms with Crippen LogP contribution in [0.3, 0.4) is 0 Å². The molecule has 0 amide bonds. The number of likely N-dealkylation sites (tertiary alicyclic amines) is 1. The van der Waals surface area contributed by atoms with E-state index in [1.54, 1.807) is 12.1 Å². The van der Waals surface area contributed by atoms with Crippen molar-refractivity contribution in [3.63, 3.8) is 0 Å². The number of benzene rings is 1. The van der Waals surface area contributed by atoms with Gasteiger partial charge in [-0.15, -0.1) is 0 Å². The van der Waals surface area contributed by atoms with Gasteiger partial charge in [0.2, 0.25) is 6.10 Å². The van der Waals surface area contributed by atoms with Gasteiger partial charge in [-0.25, -0.2) is 9.59 Å². The Morgan fingerprint density at radius 3 is 2.62 bits per heavy atom. The van der Waals surface area contributed by atoms with Gasteiger partial charge < -0.3 is 44.3 Å². The Balaban J connectivity index is 1.38. The van der Waals surface area contributed by atoms with Crippen molar-refractivity contribution in [2.24, 2.45) is 0 Å². The smallest absolute Gasteiger partial charge is 0.345 e. The minimum atomic E-state index is -2.03. The number of methoxy groups -OCH3 is 1. The summed E-state index contributed by atoms with van der Waals surface area (Å²) in [6, 6.07) is 3.53. The van der Waals surface area contributed by atoms with Crippen LogP contribution in [0.15, 0.2) is 24.0 Å². The zero-order valence-corrected chi connectivity index (χ0v) is 21.3. The number of hydrogen-bond acceptors (Lipinski definition) is 11. The maximum Gasteiger partial charge on any atom is 0.345 e. The van der Waals surface area contributed by atoms with Crippen LogP contribution in [0.25, 0.3) is 0 Å². The van der Waals surface area contributed by atoms with E-state index in [2.05, 4.69) is 9.64 Å². The van der Waals surface area contributed by atoms with Gasteiger partial charge in [-0.1, -0.05) is 6.07 Å². The molecule has 1 aromatic carbocycles. The zero-order valence-electron chi connectivity index (χ0n) is 21.3. The van der Waals surface area contributed by atoms with E-state index in [0.717, 1.165) is 11.1 Å². The first-order chi connectivity index (χ1) is 18.4. The molecule has 13 nitrogen and oxygen atoms in total. The van der Waals surface area contributed by atoms with Crippen LogP contribution in [-0.4, -0.2) is 99.9 Å². The van der Waals surface area contributed by atoms with E-state index in [9.17, 15) is 29.4 Å².